The number of thiocarbonyl (C=S) groups is 1. The van der Waals surface area contributed by atoms with Crippen LogP contribution in [0.1, 0.15) is 18.9 Å². The molecule has 5 nitrogen and oxygen atoms in total. The molecule has 1 aliphatic rings. The SMILES string of the molecule is CC/C(=N\NC(=S)NCCN1CCOCC1)c1ccccc1. The van der Waals surface area contributed by atoms with E-state index in [4.69, 9.17) is 17.0 Å². The molecule has 0 aromatic heterocycles. The number of hydrazone groups is 1. The fraction of sp³-hybridized carbons (Fsp3) is 0.500. The van der Waals surface area contributed by atoms with Crippen LogP contribution in [-0.2, 0) is 4.74 Å². The number of morpholine rings is 1. The lowest BCUT2D eigenvalue weighted by molar-refractivity contribution is 0.0389. The highest BCUT2D eigenvalue weighted by atomic mass is 32.1. The van der Waals surface area contributed by atoms with E-state index in [9.17, 15) is 0 Å². The molecule has 1 fully saturated rings. The molecule has 1 aromatic rings. The fourth-order valence-corrected chi connectivity index (χ4v) is 2.44. The number of nitrogens with zero attached hydrogens (tertiary/aromatic N) is 2. The van der Waals surface area contributed by atoms with Crippen LogP contribution in [0, 0.1) is 0 Å². The molecule has 1 aromatic carbocycles. The number of nitrogens with one attached hydrogen (secondary N) is 2. The van der Waals surface area contributed by atoms with Gasteiger partial charge in [-0.15, -0.1) is 0 Å². The van der Waals surface area contributed by atoms with Crippen LogP contribution in [0.15, 0.2) is 35.4 Å². The summed E-state index contributed by atoms with van der Waals surface area (Å²) in [5.74, 6) is 0. The number of rotatable bonds is 6. The molecule has 1 aliphatic heterocycles. The van der Waals surface area contributed by atoms with Gasteiger partial charge in [-0.25, -0.2) is 0 Å². The third kappa shape index (κ3) is 5.71. The van der Waals surface area contributed by atoms with E-state index in [0.717, 1.165) is 57.1 Å². The lowest BCUT2D eigenvalue weighted by atomic mass is 10.1. The van der Waals surface area contributed by atoms with Gasteiger partial charge in [-0.05, 0) is 24.2 Å². The third-order valence-corrected chi connectivity index (χ3v) is 3.79. The third-order valence-electron chi connectivity index (χ3n) is 3.55. The number of hydrogen-bond donors (Lipinski definition) is 2. The second-order valence-electron chi connectivity index (χ2n) is 5.10. The summed E-state index contributed by atoms with van der Waals surface area (Å²) in [7, 11) is 0. The average molecular weight is 320 g/mol. The highest BCUT2D eigenvalue weighted by Gasteiger charge is 2.09. The molecule has 0 aliphatic carbocycles. The highest BCUT2D eigenvalue weighted by Crippen LogP contribution is 2.03. The van der Waals surface area contributed by atoms with Crippen LogP contribution in [0.3, 0.4) is 0 Å². The Bertz CT molecular complexity index is 486. The zero-order chi connectivity index (χ0) is 15.6. The summed E-state index contributed by atoms with van der Waals surface area (Å²) >= 11 is 5.26. The number of hydrogen-bond acceptors (Lipinski definition) is 4. The van der Waals surface area contributed by atoms with Crippen LogP contribution < -0.4 is 10.7 Å². The van der Waals surface area contributed by atoms with Crippen molar-refractivity contribution in [1.29, 1.82) is 0 Å². The molecule has 1 saturated heterocycles. The molecule has 22 heavy (non-hydrogen) atoms. The van der Waals surface area contributed by atoms with E-state index in [0.29, 0.717) is 5.11 Å². The van der Waals surface area contributed by atoms with Gasteiger partial charge in [0.15, 0.2) is 5.11 Å². The molecular formula is C16H24N4OS. The Hall–Kier alpha value is -1.50. The first kappa shape index (κ1) is 16.9. The van der Waals surface area contributed by atoms with Crippen LogP contribution in [-0.4, -0.2) is 55.1 Å². The summed E-state index contributed by atoms with van der Waals surface area (Å²) in [5, 5.41) is 8.16. The van der Waals surface area contributed by atoms with Crippen LogP contribution in [0.2, 0.25) is 0 Å². The van der Waals surface area contributed by atoms with Crippen molar-refractivity contribution in [2.45, 2.75) is 13.3 Å². The predicted molar refractivity (Wildman–Crippen MR) is 94.3 cm³/mol. The monoisotopic (exact) mass is 320 g/mol. The summed E-state index contributed by atoms with van der Waals surface area (Å²) in [5.41, 5.74) is 5.05. The molecule has 1 heterocycles. The van der Waals surface area contributed by atoms with Crippen LogP contribution in [0.5, 0.6) is 0 Å². The minimum atomic E-state index is 0.565. The predicted octanol–water partition coefficient (Wildman–Crippen LogP) is 1.60. The Labute approximate surface area is 137 Å². The average Bonchev–Trinajstić information content (AvgIpc) is 2.57. The van der Waals surface area contributed by atoms with Crippen molar-refractivity contribution in [1.82, 2.24) is 15.6 Å². The van der Waals surface area contributed by atoms with Gasteiger partial charge in [0.2, 0.25) is 0 Å². The van der Waals surface area contributed by atoms with Crippen molar-refractivity contribution in [2.24, 2.45) is 5.10 Å². The highest BCUT2D eigenvalue weighted by molar-refractivity contribution is 7.80. The molecule has 120 valence electrons. The standard InChI is InChI=1S/C16H24N4OS/c1-2-15(14-6-4-3-5-7-14)18-19-16(22)17-8-9-20-10-12-21-13-11-20/h3-7H,2,8-13H2,1H3,(H2,17,19,22)/b18-15+. The van der Waals surface area contributed by atoms with Gasteiger partial charge in [0.25, 0.3) is 0 Å². The molecule has 0 bridgehead atoms. The molecule has 0 unspecified atom stereocenters. The van der Waals surface area contributed by atoms with Gasteiger partial charge in [0.05, 0.1) is 18.9 Å². The summed E-state index contributed by atoms with van der Waals surface area (Å²) < 4.78 is 5.33. The molecule has 6 heteroatoms. The van der Waals surface area contributed by atoms with Gasteiger partial charge >= 0.3 is 0 Å². The number of benzene rings is 1. The summed E-state index contributed by atoms with van der Waals surface area (Å²) in [4.78, 5) is 2.36. The quantitative estimate of drug-likeness (QED) is 0.474. The molecule has 0 atom stereocenters. The maximum absolute atomic E-state index is 5.33. The molecule has 0 saturated carbocycles. The van der Waals surface area contributed by atoms with Gasteiger partial charge in [0.1, 0.15) is 0 Å². The lowest BCUT2D eigenvalue weighted by Gasteiger charge is -2.26. The van der Waals surface area contributed by atoms with Crippen molar-refractivity contribution in [3.05, 3.63) is 35.9 Å². The molecule has 0 amide bonds. The van der Waals surface area contributed by atoms with Gasteiger partial charge in [-0.2, -0.15) is 5.10 Å². The minimum absolute atomic E-state index is 0.565. The molecule has 0 radical (unpaired) electrons. The van der Waals surface area contributed by atoms with E-state index in [2.05, 4.69) is 39.8 Å². The lowest BCUT2D eigenvalue weighted by Crippen LogP contribution is -2.43. The van der Waals surface area contributed by atoms with Crippen molar-refractivity contribution in [2.75, 3.05) is 39.4 Å². The molecule has 2 rings (SSSR count). The molecular weight excluding hydrogens is 296 g/mol. The minimum Gasteiger partial charge on any atom is -0.379 e. The second kappa shape index (κ2) is 9.50. The smallest absolute Gasteiger partial charge is 0.187 e. The van der Waals surface area contributed by atoms with Crippen molar-refractivity contribution in [3.8, 4) is 0 Å². The van der Waals surface area contributed by atoms with Crippen molar-refractivity contribution < 1.29 is 4.74 Å². The largest absolute Gasteiger partial charge is 0.379 e. The Morgan fingerprint density at radius 2 is 2.00 bits per heavy atom. The zero-order valence-electron chi connectivity index (χ0n) is 13.0. The van der Waals surface area contributed by atoms with E-state index in [1.165, 1.54) is 0 Å². The Kier molecular flexibility index (Phi) is 7.28. The van der Waals surface area contributed by atoms with E-state index >= 15 is 0 Å². The first-order valence-electron chi connectivity index (χ1n) is 7.75. The summed E-state index contributed by atoms with van der Waals surface area (Å²) in [6.45, 7) is 7.50. The van der Waals surface area contributed by atoms with E-state index < -0.39 is 0 Å². The molecule has 0 spiro atoms. The zero-order valence-corrected chi connectivity index (χ0v) is 13.9. The Morgan fingerprint density at radius 3 is 2.68 bits per heavy atom. The van der Waals surface area contributed by atoms with Gasteiger partial charge in [-0.3, -0.25) is 10.3 Å². The van der Waals surface area contributed by atoms with Crippen LogP contribution in [0.25, 0.3) is 0 Å². The van der Waals surface area contributed by atoms with E-state index in [-0.39, 0.29) is 0 Å². The van der Waals surface area contributed by atoms with E-state index in [1.54, 1.807) is 0 Å². The topological polar surface area (TPSA) is 48.9 Å². The normalized spacial score (nSPS) is 16.3. The maximum Gasteiger partial charge on any atom is 0.187 e. The first-order valence-corrected chi connectivity index (χ1v) is 8.16. The second-order valence-corrected chi connectivity index (χ2v) is 5.51. The summed E-state index contributed by atoms with van der Waals surface area (Å²) in [6.07, 6.45) is 0.855. The van der Waals surface area contributed by atoms with Gasteiger partial charge < -0.3 is 10.1 Å². The maximum atomic E-state index is 5.33. The Morgan fingerprint density at radius 1 is 1.27 bits per heavy atom. The number of ether oxygens (including phenoxy) is 1. The fourth-order valence-electron chi connectivity index (χ4n) is 2.29. The Balaban J connectivity index is 1.72. The van der Waals surface area contributed by atoms with Gasteiger partial charge in [-0.1, -0.05) is 37.3 Å². The van der Waals surface area contributed by atoms with E-state index in [1.807, 2.05) is 18.2 Å². The van der Waals surface area contributed by atoms with Gasteiger partial charge in [0, 0.05) is 26.2 Å². The van der Waals surface area contributed by atoms with Crippen molar-refractivity contribution >= 4 is 23.0 Å². The van der Waals surface area contributed by atoms with Crippen LogP contribution >= 0.6 is 12.2 Å². The van der Waals surface area contributed by atoms with Crippen molar-refractivity contribution in [3.63, 3.8) is 0 Å². The molecule has 2 N–H and O–H groups in total. The first-order chi connectivity index (χ1) is 10.8. The van der Waals surface area contributed by atoms with Crippen LogP contribution in [0.4, 0.5) is 0 Å². The summed E-state index contributed by atoms with van der Waals surface area (Å²) in [6, 6.07) is 10.1.